The van der Waals surface area contributed by atoms with Gasteiger partial charge in [0, 0.05) is 28.8 Å². The third-order valence-electron chi connectivity index (χ3n) is 6.45. The molecule has 0 N–H and O–H groups in total. The predicted molar refractivity (Wildman–Crippen MR) is 129 cm³/mol. The van der Waals surface area contributed by atoms with Gasteiger partial charge < -0.3 is 4.74 Å². The lowest BCUT2D eigenvalue weighted by molar-refractivity contribution is 0.141. The molecule has 34 heavy (non-hydrogen) atoms. The summed E-state index contributed by atoms with van der Waals surface area (Å²) in [5, 5.41) is 0. The van der Waals surface area contributed by atoms with E-state index in [2.05, 4.69) is 26.0 Å². The summed E-state index contributed by atoms with van der Waals surface area (Å²) in [5.41, 5.74) is 6.57. The molecule has 0 saturated heterocycles. The Balaban J connectivity index is 1.49. The lowest BCUT2D eigenvalue weighted by Crippen LogP contribution is -2.18. The van der Waals surface area contributed by atoms with Crippen LogP contribution in [-0.2, 0) is 11.3 Å². The van der Waals surface area contributed by atoms with Gasteiger partial charge in [0.25, 0.3) is 6.43 Å². The summed E-state index contributed by atoms with van der Waals surface area (Å²) in [7, 11) is 0. The second kappa shape index (κ2) is 8.90. The SMILES string of the molecule is CC(C)C1=CC=C2C(=Cc3ccn(C(=O)OCc4ccccc4)c32)C1c1cccc(C(F)F)c1. The Bertz CT molecular complexity index is 1330. The maximum Gasteiger partial charge on any atom is 0.418 e. The Labute approximate surface area is 197 Å². The van der Waals surface area contributed by atoms with Crippen LogP contribution in [0.3, 0.4) is 0 Å². The van der Waals surface area contributed by atoms with E-state index in [1.165, 1.54) is 10.6 Å². The number of benzene rings is 2. The third kappa shape index (κ3) is 3.92. The van der Waals surface area contributed by atoms with Gasteiger partial charge in [-0.05, 0) is 40.8 Å². The van der Waals surface area contributed by atoms with E-state index in [0.717, 1.165) is 39.1 Å². The van der Waals surface area contributed by atoms with E-state index in [-0.39, 0.29) is 24.0 Å². The number of hydrogen-bond donors (Lipinski definition) is 0. The van der Waals surface area contributed by atoms with Crippen LogP contribution in [0.5, 0.6) is 0 Å². The Morgan fingerprint density at radius 2 is 1.82 bits per heavy atom. The molecular weight excluding hydrogens is 432 g/mol. The largest absolute Gasteiger partial charge is 0.444 e. The highest BCUT2D eigenvalue weighted by Gasteiger charge is 2.35. The number of aromatic nitrogens is 1. The first-order valence-electron chi connectivity index (χ1n) is 11.4. The number of fused-ring (bicyclic) bond motifs is 3. The van der Waals surface area contributed by atoms with Crippen LogP contribution in [0.2, 0.25) is 0 Å². The second-order valence-electron chi connectivity index (χ2n) is 8.94. The number of ether oxygens (including phenoxy) is 1. The zero-order valence-corrected chi connectivity index (χ0v) is 19.0. The Morgan fingerprint density at radius 3 is 2.56 bits per heavy atom. The molecule has 0 radical (unpaired) electrons. The fourth-order valence-corrected chi connectivity index (χ4v) is 4.81. The number of halogens is 2. The van der Waals surface area contributed by atoms with Crippen LogP contribution in [0.4, 0.5) is 13.6 Å². The molecule has 1 unspecified atom stereocenters. The fourth-order valence-electron chi connectivity index (χ4n) is 4.81. The highest BCUT2D eigenvalue weighted by molar-refractivity contribution is 5.99. The van der Waals surface area contributed by atoms with Crippen molar-refractivity contribution in [2.45, 2.75) is 32.8 Å². The number of carbonyl (C=O) groups is 1. The second-order valence-corrected chi connectivity index (χ2v) is 8.94. The molecule has 2 aliphatic carbocycles. The Morgan fingerprint density at radius 1 is 1.03 bits per heavy atom. The molecule has 2 aromatic carbocycles. The van der Waals surface area contributed by atoms with Gasteiger partial charge in [0.05, 0.1) is 5.69 Å². The molecule has 3 nitrogen and oxygen atoms in total. The van der Waals surface area contributed by atoms with Gasteiger partial charge in [-0.1, -0.05) is 80.1 Å². The summed E-state index contributed by atoms with van der Waals surface area (Å²) in [4.78, 5) is 12.9. The Kier molecular flexibility index (Phi) is 5.78. The number of hydrogen-bond acceptors (Lipinski definition) is 2. The molecule has 0 spiro atoms. The molecule has 5 rings (SSSR count). The molecule has 1 atom stereocenters. The monoisotopic (exact) mass is 457 g/mol. The van der Waals surface area contributed by atoms with E-state index in [1.807, 2.05) is 48.5 Å². The average molecular weight is 458 g/mol. The van der Waals surface area contributed by atoms with Gasteiger partial charge in [0.15, 0.2) is 0 Å². The lowest BCUT2D eigenvalue weighted by atomic mass is 9.74. The summed E-state index contributed by atoms with van der Waals surface area (Å²) in [6.45, 7) is 4.41. The smallest absolute Gasteiger partial charge is 0.418 e. The summed E-state index contributed by atoms with van der Waals surface area (Å²) in [6, 6.07) is 18.1. The van der Waals surface area contributed by atoms with Crippen molar-refractivity contribution >= 4 is 17.7 Å². The van der Waals surface area contributed by atoms with Crippen LogP contribution in [-0.4, -0.2) is 10.7 Å². The molecule has 0 fully saturated rings. The highest BCUT2D eigenvalue weighted by Crippen LogP contribution is 2.50. The molecule has 0 amide bonds. The molecule has 2 aliphatic rings. The first kappa shape index (κ1) is 22.1. The fraction of sp³-hybridized carbons (Fsp3) is 0.207. The predicted octanol–water partition coefficient (Wildman–Crippen LogP) is 7.77. The Hall–Kier alpha value is -3.73. The molecule has 172 valence electrons. The summed E-state index contributed by atoms with van der Waals surface area (Å²) >= 11 is 0. The minimum absolute atomic E-state index is 0.0156. The summed E-state index contributed by atoms with van der Waals surface area (Å²) in [5.74, 6) is 0.0803. The summed E-state index contributed by atoms with van der Waals surface area (Å²) in [6.07, 6.45) is 4.91. The van der Waals surface area contributed by atoms with Crippen molar-refractivity contribution in [3.05, 3.63) is 118 Å². The van der Waals surface area contributed by atoms with Gasteiger partial charge in [0.1, 0.15) is 6.61 Å². The first-order chi connectivity index (χ1) is 16.4. The zero-order valence-electron chi connectivity index (χ0n) is 19.0. The van der Waals surface area contributed by atoms with Crippen LogP contribution < -0.4 is 0 Å². The van der Waals surface area contributed by atoms with Crippen LogP contribution in [0.1, 0.15) is 54.1 Å². The average Bonchev–Trinajstić information content (AvgIpc) is 3.42. The molecule has 1 heterocycles. The number of nitrogens with zero attached hydrogens (tertiary/aromatic N) is 1. The van der Waals surface area contributed by atoms with Crippen LogP contribution in [0.15, 0.2) is 90.2 Å². The topological polar surface area (TPSA) is 31.2 Å². The van der Waals surface area contributed by atoms with Gasteiger partial charge in [-0.25, -0.2) is 13.6 Å². The van der Waals surface area contributed by atoms with Crippen molar-refractivity contribution in [3.63, 3.8) is 0 Å². The van der Waals surface area contributed by atoms with Crippen LogP contribution >= 0.6 is 0 Å². The lowest BCUT2D eigenvalue weighted by Gasteiger charge is -2.30. The maximum atomic E-state index is 13.4. The quantitative estimate of drug-likeness (QED) is 0.392. The number of alkyl halides is 2. The number of allylic oxidation sites excluding steroid dienone is 5. The molecule has 0 bridgehead atoms. The molecule has 1 aromatic heterocycles. The van der Waals surface area contributed by atoms with E-state index >= 15 is 0 Å². The standard InChI is InChI=1S/C29H25F2NO2/c1-18(2)23-11-12-24-25(26(23)20-9-6-10-22(15-20)28(30)31)16-21-13-14-32(27(21)24)29(33)34-17-19-7-4-3-5-8-19/h3-16,18,26,28H,17H2,1-2H3. The van der Waals surface area contributed by atoms with Gasteiger partial charge in [-0.15, -0.1) is 0 Å². The maximum absolute atomic E-state index is 13.4. The third-order valence-corrected chi connectivity index (χ3v) is 6.45. The van der Waals surface area contributed by atoms with E-state index in [9.17, 15) is 13.6 Å². The number of carbonyl (C=O) groups excluding carboxylic acids is 1. The molecule has 0 aliphatic heterocycles. The minimum atomic E-state index is -2.52. The van der Waals surface area contributed by atoms with Crippen molar-refractivity contribution in [2.24, 2.45) is 5.92 Å². The van der Waals surface area contributed by atoms with Gasteiger partial charge in [-0.2, -0.15) is 0 Å². The zero-order chi connectivity index (χ0) is 23.8. The minimum Gasteiger partial charge on any atom is -0.444 e. The van der Waals surface area contributed by atoms with Crippen molar-refractivity contribution in [3.8, 4) is 0 Å². The molecule has 0 saturated carbocycles. The molecule has 3 aromatic rings. The van der Waals surface area contributed by atoms with Crippen LogP contribution in [0, 0.1) is 5.92 Å². The van der Waals surface area contributed by atoms with Crippen molar-refractivity contribution in [1.82, 2.24) is 4.57 Å². The molecule has 5 heteroatoms. The van der Waals surface area contributed by atoms with E-state index in [4.69, 9.17) is 4.74 Å². The van der Waals surface area contributed by atoms with Crippen LogP contribution in [0.25, 0.3) is 11.6 Å². The van der Waals surface area contributed by atoms with Gasteiger partial charge in [-0.3, -0.25) is 4.57 Å². The summed E-state index contributed by atoms with van der Waals surface area (Å²) < 4.78 is 34.0. The molecular formula is C29H25F2NO2. The van der Waals surface area contributed by atoms with Crippen molar-refractivity contribution in [1.29, 1.82) is 0 Å². The van der Waals surface area contributed by atoms with E-state index in [0.29, 0.717) is 0 Å². The highest BCUT2D eigenvalue weighted by atomic mass is 19.3. The van der Waals surface area contributed by atoms with Gasteiger partial charge >= 0.3 is 6.09 Å². The van der Waals surface area contributed by atoms with E-state index in [1.54, 1.807) is 18.3 Å². The first-order valence-corrected chi connectivity index (χ1v) is 11.4. The number of rotatable bonds is 5. The van der Waals surface area contributed by atoms with Crippen molar-refractivity contribution < 1.29 is 18.3 Å². The van der Waals surface area contributed by atoms with Gasteiger partial charge in [0.2, 0.25) is 0 Å². The normalized spacial score (nSPS) is 16.6. The van der Waals surface area contributed by atoms with E-state index < -0.39 is 12.5 Å². The van der Waals surface area contributed by atoms with Crippen molar-refractivity contribution in [2.75, 3.05) is 0 Å².